The molecule has 0 aromatic heterocycles. The number of nitrogens with zero attached hydrogens (tertiary/aromatic N) is 2. The summed E-state index contributed by atoms with van der Waals surface area (Å²) in [5, 5.41) is 6.33. The van der Waals surface area contributed by atoms with Crippen molar-refractivity contribution < 1.29 is 4.79 Å². The van der Waals surface area contributed by atoms with E-state index in [0.717, 1.165) is 45.0 Å². The minimum atomic E-state index is 0.0811. The van der Waals surface area contributed by atoms with Crippen LogP contribution in [0.4, 0.5) is 5.69 Å². The van der Waals surface area contributed by atoms with Crippen molar-refractivity contribution in [3.8, 4) is 0 Å². The SMILES string of the molecule is Cc1ccc(NC(=O)CN2CC(N3CCNCC3)C2)cc1. The summed E-state index contributed by atoms with van der Waals surface area (Å²) in [6.45, 7) is 9.01. The lowest BCUT2D eigenvalue weighted by atomic mass is 10.1. The number of piperazine rings is 1. The van der Waals surface area contributed by atoms with E-state index in [1.54, 1.807) is 0 Å². The van der Waals surface area contributed by atoms with E-state index >= 15 is 0 Å². The van der Waals surface area contributed by atoms with Crippen molar-refractivity contribution in [2.75, 3.05) is 51.1 Å². The van der Waals surface area contributed by atoms with E-state index in [4.69, 9.17) is 0 Å². The first kappa shape index (κ1) is 14.5. The molecule has 1 aromatic rings. The van der Waals surface area contributed by atoms with Gasteiger partial charge in [0.2, 0.25) is 5.91 Å². The van der Waals surface area contributed by atoms with Crippen LogP contribution in [0.5, 0.6) is 0 Å². The van der Waals surface area contributed by atoms with Crippen LogP contribution in [0.15, 0.2) is 24.3 Å². The fourth-order valence-electron chi connectivity index (χ4n) is 2.99. The molecule has 2 aliphatic rings. The van der Waals surface area contributed by atoms with Crippen LogP contribution in [-0.2, 0) is 4.79 Å². The number of hydrogen-bond acceptors (Lipinski definition) is 4. The van der Waals surface area contributed by atoms with Crippen LogP contribution in [0, 0.1) is 6.92 Å². The van der Waals surface area contributed by atoms with E-state index < -0.39 is 0 Å². The first-order chi connectivity index (χ1) is 10.2. The molecule has 2 fully saturated rings. The fraction of sp³-hybridized carbons (Fsp3) is 0.562. The average Bonchev–Trinajstić information content (AvgIpc) is 2.46. The number of hydrogen-bond donors (Lipinski definition) is 2. The number of likely N-dealkylation sites (tertiary alicyclic amines) is 1. The van der Waals surface area contributed by atoms with E-state index in [1.165, 1.54) is 5.56 Å². The highest BCUT2D eigenvalue weighted by molar-refractivity contribution is 5.92. The molecule has 2 aliphatic heterocycles. The normalized spacial score (nSPS) is 21.0. The molecule has 21 heavy (non-hydrogen) atoms. The van der Waals surface area contributed by atoms with E-state index in [2.05, 4.69) is 20.4 Å². The van der Waals surface area contributed by atoms with Crippen molar-refractivity contribution in [2.24, 2.45) is 0 Å². The first-order valence-electron chi connectivity index (χ1n) is 7.74. The molecule has 0 aliphatic carbocycles. The van der Waals surface area contributed by atoms with Crippen LogP contribution in [0.3, 0.4) is 0 Å². The minimum Gasteiger partial charge on any atom is -0.325 e. The Morgan fingerprint density at radius 1 is 1.24 bits per heavy atom. The monoisotopic (exact) mass is 288 g/mol. The highest BCUT2D eigenvalue weighted by Gasteiger charge is 2.32. The number of carbonyl (C=O) groups is 1. The first-order valence-corrected chi connectivity index (χ1v) is 7.74. The summed E-state index contributed by atoms with van der Waals surface area (Å²) in [7, 11) is 0. The zero-order valence-corrected chi connectivity index (χ0v) is 12.6. The van der Waals surface area contributed by atoms with Crippen molar-refractivity contribution in [1.29, 1.82) is 0 Å². The van der Waals surface area contributed by atoms with Gasteiger partial charge in [-0.05, 0) is 19.1 Å². The minimum absolute atomic E-state index is 0.0811. The van der Waals surface area contributed by atoms with Crippen molar-refractivity contribution in [3.63, 3.8) is 0 Å². The number of anilines is 1. The quantitative estimate of drug-likeness (QED) is 0.848. The zero-order valence-electron chi connectivity index (χ0n) is 12.6. The molecule has 0 spiro atoms. The maximum Gasteiger partial charge on any atom is 0.238 e. The van der Waals surface area contributed by atoms with Gasteiger partial charge in [0.05, 0.1) is 6.54 Å². The van der Waals surface area contributed by atoms with E-state index in [9.17, 15) is 4.79 Å². The molecule has 5 heteroatoms. The Hall–Kier alpha value is -1.43. The Morgan fingerprint density at radius 2 is 1.90 bits per heavy atom. The second kappa shape index (κ2) is 6.56. The van der Waals surface area contributed by atoms with Gasteiger partial charge in [-0.25, -0.2) is 0 Å². The third kappa shape index (κ3) is 3.81. The predicted molar refractivity (Wildman–Crippen MR) is 84.5 cm³/mol. The Labute approximate surface area is 126 Å². The van der Waals surface area contributed by atoms with Gasteiger partial charge < -0.3 is 10.6 Å². The molecule has 0 saturated carbocycles. The molecule has 2 heterocycles. The molecule has 2 saturated heterocycles. The van der Waals surface area contributed by atoms with Crippen LogP contribution in [0.25, 0.3) is 0 Å². The Bertz CT molecular complexity index is 476. The number of benzene rings is 1. The van der Waals surface area contributed by atoms with Gasteiger partial charge in [0, 0.05) is 51.0 Å². The number of aryl methyl sites for hydroxylation is 1. The van der Waals surface area contributed by atoms with Crippen LogP contribution in [0.1, 0.15) is 5.56 Å². The highest BCUT2D eigenvalue weighted by atomic mass is 16.2. The van der Waals surface area contributed by atoms with Crippen molar-refractivity contribution in [2.45, 2.75) is 13.0 Å². The van der Waals surface area contributed by atoms with Gasteiger partial charge in [0.25, 0.3) is 0 Å². The summed E-state index contributed by atoms with van der Waals surface area (Å²) in [6, 6.07) is 8.57. The fourth-order valence-corrected chi connectivity index (χ4v) is 2.99. The van der Waals surface area contributed by atoms with Crippen molar-refractivity contribution in [3.05, 3.63) is 29.8 Å². The Balaban J connectivity index is 1.39. The largest absolute Gasteiger partial charge is 0.325 e. The smallest absolute Gasteiger partial charge is 0.238 e. The highest BCUT2D eigenvalue weighted by Crippen LogP contribution is 2.15. The summed E-state index contributed by atoms with van der Waals surface area (Å²) in [5.74, 6) is 0.0811. The average molecular weight is 288 g/mol. The summed E-state index contributed by atoms with van der Waals surface area (Å²) >= 11 is 0. The summed E-state index contributed by atoms with van der Waals surface area (Å²) in [5.41, 5.74) is 2.08. The van der Waals surface area contributed by atoms with Gasteiger partial charge in [0.15, 0.2) is 0 Å². The molecular formula is C16H24N4O. The maximum atomic E-state index is 12.0. The summed E-state index contributed by atoms with van der Waals surface area (Å²) in [6.07, 6.45) is 0. The molecule has 1 amide bonds. The second-order valence-corrected chi connectivity index (χ2v) is 6.05. The van der Waals surface area contributed by atoms with Gasteiger partial charge in [-0.2, -0.15) is 0 Å². The van der Waals surface area contributed by atoms with Crippen LogP contribution in [0.2, 0.25) is 0 Å². The van der Waals surface area contributed by atoms with E-state index in [0.29, 0.717) is 12.6 Å². The van der Waals surface area contributed by atoms with Crippen LogP contribution in [-0.4, -0.2) is 67.6 Å². The topological polar surface area (TPSA) is 47.6 Å². The maximum absolute atomic E-state index is 12.0. The molecule has 0 atom stereocenters. The Kier molecular flexibility index (Phi) is 4.53. The van der Waals surface area contributed by atoms with Gasteiger partial charge in [-0.3, -0.25) is 14.6 Å². The third-order valence-corrected chi connectivity index (χ3v) is 4.31. The lowest BCUT2D eigenvalue weighted by Gasteiger charge is -2.46. The molecule has 0 radical (unpaired) electrons. The molecule has 5 nitrogen and oxygen atoms in total. The van der Waals surface area contributed by atoms with Gasteiger partial charge in [-0.1, -0.05) is 17.7 Å². The van der Waals surface area contributed by atoms with Crippen molar-refractivity contribution in [1.82, 2.24) is 15.1 Å². The van der Waals surface area contributed by atoms with E-state index in [1.807, 2.05) is 31.2 Å². The lowest BCUT2D eigenvalue weighted by molar-refractivity contribution is -0.119. The number of rotatable bonds is 4. The van der Waals surface area contributed by atoms with E-state index in [-0.39, 0.29) is 5.91 Å². The van der Waals surface area contributed by atoms with Crippen molar-refractivity contribution >= 4 is 11.6 Å². The predicted octanol–water partition coefficient (Wildman–Crippen LogP) is 0.523. The summed E-state index contributed by atoms with van der Waals surface area (Å²) in [4.78, 5) is 16.8. The van der Waals surface area contributed by atoms with Crippen LogP contribution < -0.4 is 10.6 Å². The van der Waals surface area contributed by atoms with Gasteiger partial charge >= 0.3 is 0 Å². The standard InChI is InChI=1S/C16H24N4O/c1-13-2-4-14(5-3-13)18-16(21)12-19-10-15(11-19)20-8-6-17-7-9-20/h2-5,15,17H,6-12H2,1H3,(H,18,21). The molecule has 3 rings (SSSR count). The third-order valence-electron chi connectivity index (χ3n) is 4.31. The summed E-state index contributed by atoms with van der Waals surface area (Å²) < 4.78 is 0. The number of nitrogens with one attached hydrogen (secondary N) is 2. The molecule has 0 unspecified atom stereocenters. The molecular weight excluding hydrogens is 264 g/mol. The van der Waals surface area contributed by atoms with Gasteiger partial charge in [0.1, 0.15) is 0 Å². The van der Waals surface area contributed by atoms with Gasteiger partial charge in [-0.15, -0.1) is 0 Å². The number of amides is 1. The Morgan fingerprint density at radius 3 is 2.57 bits per heavy atom. The zero-order chi connectivity index (χ0) is 14.7. The lowest BCUT2D eigenvalue weighted by Crippen LogP contribution is -2.63. The number of carbonyl (C=O) groups excluding carboxylic acids is 1. The molecule has 114 valence electrons. The van der Waals surface area contributed by atoms with Crippen LogP contribution >= 0.6 is 0 Å². The molecule has 1 aromatic carbocycles. The molecule has 2 N–H and O–H groups in total. The second-order valence-electron chi connectivity index (χ2n) is 6.05. The molecule has 0 bridgehead atoms.